The molecule has 1 saturated carbocycles. The number of amidine groups is 1. The Morgan fingerprint density at radius 3 is 2.62 bits per heavy atom. The van der Waals surface area contributed by atoms with E-state index < -0.39 is 11.7 Å². The van der Waals surface area contributed by atoms with Crippen LogP contribution in [-0.2, 0) is 9.59 Å². The number of aliphatic imine (C=N–C) groups is 1. The van der Waals surface area contributed by atoms with Gasteiger partial charge in [0.15, 0.2) is 5.17 Å². The van der Waals surface area contributed by atoms with Crippen LogP contribution >= 0.6 is 35.0 Å². The minimum atomic E-state index is -0.550. The molecule has 0 radical (unpaired) electrons. The van der Waals surface area contributed by atoms with E-state index in [4.69, 9.17) is 23.2 Å². The molecule has 2 aromatic carbocycles. The van der Waals surface area contributed by atoms with Gasteiger partial charge < -0.3 is 4.90 Å². The van der Waals surface area contributed by atoms with Crippen LogP contribution < -0.4 is 4.90 Å². The molecule has 34 heavy (non-hydrogen) atoms. The summed E-state index contributed by atoms with van der Waals surface area (Å²) in [7, 11) is 1.82. The molecule has 2 amide bonds. The van der Waals surface area contributed by atoms with Gasteiger partial charge in [-0.2, -0.15) is 0 Å². The van der Waals surface area contributed by atoms with Crippen molar-refractivity contribution in [2.75, 3.05) is 17.7 Å². The molecule has 0 atom stereocenters. The quantitative estimate of drug-likeness (QED) is 0.429. The van der Waals surface area contributed by atoms with E-state index in [-0.39, 0.29) is 34.3 Å². The third kappa shape index (κ3) is 5.48. The van der Waals surface area contributed by atoms with Gasteiger partial charge in [-0.1, -0.05) is 72.4 Å². The first-order valence-corrected chi connectivity index (χ1v) is 12.8. The van der Waals surface area contributed by atoms with Crippen molar-refractivity contribution in [2.45, 2.75) is 38.1 Å². The van der Waals surface area contributed by atoms with Gasteiger partial charge in [0.1, 0.15) is 11.5 Å². The van der Waals surface area contributed by atoms with Crippen molar-refractivity contribution < 1.29 is 14.0 Å². The number of anilines is 1. The summed E-state index contributed by atoms with van der Waals surface area (Å²) in [6.45, 7) is 0. The number of carbonyl (C=O) groups excluding carboxylic acids is 2. The number of carbonyl (C=O) groups is 2. The number of hydrogen-bond donors (Lipinski definition) is 0. The van der Waals surface area contributed by atoms with Crippen LogP contribution in [0.4, 0.5) is 10.1 Å². The lowest BCUT2D eigenvalue weighted by molar-refractivity contribution is -0.129. The summed E-state index contributed by atoms with van der Waals surface area (Å²) in [4.78, 5) is 33.6. The molecule has 1 aliphatic carbocycles. The first-order valence-electron chi connectivity index (χ1n) is 11.1. The minimum Gasteiger partial charge on any atom is -0.342 e. The van der Waals surface area contributed by atoms with Crippen molar-refractivity contribution in [3.8, 4) is 0 Å². The van der Waals surface area contributed by atoms with Crippen LogP contribution in [0.3, 0.4) is 0 Å². The number of nitrogens with zero attached hydrogens (tertiary/aromatic N) is 3. The van der Waals surface area contributed by atoms with E-state index in [1.165, 1.54) is 23.5 Å². The molecule has 0 N–H and O–H groups in total. The van der Waals surface area contributed by atoms with Gasteiger partial charge in [-0.05, 0) is 48.7 Å². The predicted molar refractivity (Wildman–Crippen MR) is 138 cm³/mol. The summed E-state index contributed by atoms with van der Waals surface area (Å²) >= 11 is 13.2. The largest absolute Gasteiger partial charge is 0.342 e. The van der Waals surface area contributed by atoms with E-state index in [0.29, 0.717) is 15.6 Å². The fraction of sp³-hybridized carbons (Fsp3) is 0.320. The third-order valence-electron chi connectivity index (χ3n) is 6.01. The lowest BCUT2D eigenvalue weighted by atomic mass is 9.94. The summed E-state index contributed by atoms with van der Waals surface area (Å²) in [6.07, 6.45) is 7.04. The molecule has 1 heterocycles. The number of hydrogen-bond acceptors (Lipinski definition) is 4. The highest BCUT2D eigenvalue weighted by molar-refractivity contribution is 8.14. The second kappa shape index (κ2) is 10.9. The van der Waals surface area contributed by atoms with Gasteiger partial charge in [0, 0.05) is 13.1 Å². The van der Waals surface area contributed by atoms with E-state index in [1.807, 2.05) is 7.05 Å². The average molecular weight is 520 g/mol. The van der Waals surface area contributed by atoms with Crippen molar-refractivity contribution in [1.29, 1.82) is 0 Å². The molecule has 5 nitrogen and oxygen atoms in total. The normalized spacial score (nSPS) is 17.9. The number of benzene rings is 2. The highest BCUT2D eigenvalue weighted by atomic mass is 35.5. The Labute approximate surface area is 212 Å². The first kappa shape index (κ1) is 24.8. The molecular weight excluding hydrogens is 496 g/mol. The Morgan fingerprint density at radius 2 is 1.91 bits per heavy atom. The average Bonchev–Trinajstić information content (AvgIpc) is 3.15. The van der Waals surface area contributed by atoms with E-state index in [9.17, 15) is 14.0 Å². The van der Waals surface area contributed by atoms with Gasteiger partial charge in [-0.25, -0.2) is 9.38 Å². The van der Waals surface area contributed by atoms with Crippen LogP contribution in [0.2, 0.25) is 10.0 Å². The highest BCUT2D eigenvalue weighted by Crippen LogP contribution is 2.32. The molecule has 1 fully saturated rings. The van der Waals surface area contributed by atoms with Crippen LogP contribution in [-0.4, -0.2) is 40.7 Å². The second-order valence-corrected chi connectivity index (χ2v) is 10.0. The zero-order valence-electron chi connectivity index (χ0n) is 18.6. The van der Waals surface area contributed by atoms with Crippen LogP contribution in [0, 0.1) is 5.82 Å². The SMILES string of the molecule is CN(C(=O)CSC1=N/C(=C\c2ccc(Cl)c(Cl)c2)C(=O)N1c1ccccc1F)C1CCCCC1. The van der Waals surface area contributed by atoms with Crippen molar-refractivity contribution in [1.82, 2.24) is 4.90 Å². The molecule has 1 aliphatic heterocycles. The summed E-state index contributed by atoms with van der Waals surface area (Å²) in [5, 5.41) is 1.00. The number of amides is 2. The molecule has 178 valence electrons. The molecule has 2 aliphatic rings. The summed E-state index contributed by atoms with van der Waals surface area (Å²) in [5.74, 6) is -0.968. The van der Waals surface area contributed by atoms with Crippen molar-refractivity contribution in [2.24, 2.45) is 4.99 Å². The maximum absolute atomic E-state index is 14.6. The predicted octanol–water partition coefficient (Wildman–Crippen LogP) is 6.40. The van der Waals surface area contributed by atoms with Crippen molar-refractivity contribution in [3.63, 3.8) is 0 Å². The Kier molecular flexibility index (Phi) is 7.96. The smallest absolute Gasteiger partial charge is 0.283 e. The Bertz CT molecular complexity index is 1160. The summed E-state index contributed by atoms with van der Waals surface area (Å²) < 4.78 is 14.6. The van der Waals surface area contributed by atoms with Crippen LogP contribution in [0.15, 0.2) is 53.2 Å². The zero-order valence-corrected chi connectivity index (χ0v) is 21.0. The standard InChI is InChI=1S/C25H24Cl2FN3O2S/c1-30(17-7-3-2-4-8-17)23(32)15-34-25-29-21(14-16-11-12-18(26)19(27)13-16)24(33)31(25)22-10-6-5-9-20(22)28/h5-6,9-14,17H,2-4,7-8,15H2,1H3/b21-14-. The Hall–Kier alpha value is -2.35. The van der Waals surface area contributed by atoms with Crippen molar-refractivity contribution in [3.05, 3.63) is 69.6 Å². The Morgan fingerprint density at radius 1 is 1.18 bits per heavy atom. The second-order valence-electron chi connectivity index (χ2n) is 8.27. The fourth-order valence-electron chi connectivity index (χ4n) is 4.10. The molecule has 0 spiro atoms. The monoisotopic (exact) mass is 519 g/mol. The zero-order chi connectivity index (χ0) is 24.2. The van der Waals surface area contributed by atoms with Crippen LogP contribution in [0.25, 0.3) is 6.08 Å². The van der Waals surface area contributed by atoms with E-state index >= 15 is 0 Å². The van der Waals surface area contributed by atoms with Gasteiger partial charge in [0.2, 0.25) is 5.91 Å². The van der Waals surface area contributed by atoms with E-state index in [1.54, 1.807) is 41.3 Å². The topological polar surface area (TPSA) is 53.0 Å². The third-order valence-corrected chi connectivity index (χ3v) is 7.67. The minimum absolute atomic E-state index is 0.0394. The number of halogens is 3. The maximum atomic E-state index is 14.6. The number of rotatable bonds is 5. The number of thioether (sulfide) groups is 1. The molecule has 2 aromatic rings. The van der Waals surface area contributed by atoms with E-state index in [0.717, 1.165) is 37.4 Å². The van der Waals surface area contributed by atoms with Crippen LogP contribution in [0.1, 0.15) is 37.7 Å². The fourth-order valence-corrected chi connectivity index (χ4v) is 5.33. The van der Waals surface area contributed by atoms with Gasteiger partial charge in [0.05, 0.1) is 21.5 Å². The highest BCUT2D eigenvalue weighted by Gasteiger charge is 2.34. The molecule has 0 unspecified atom stereocenters. The lowest BCUT2D eigenvalue weighted by Gasteiger charge is -2.31. The molecule has 4 rings (SSSR count). The van der Waals surface area contributed by atoms with Crippen LogP contribution in [0.5, 0.6) is 0 Å². The van der Waals surface area contributed by atoms with Gasteiger partial charge in [0.25, 0.3) is 5.91 Å². The summed E-state index contributed by atoms with van der Waals surface area (Å²) in [5.41, 5.74) is 0.843. The lowest BCUT2D eigenvalue weighted by Crippen LogP contribution is -2.40. The summed E-state index contributed by atoms with van der Waals surface area (Å²) in [6, 6.07) is 11.2. The molecule has 0 bridgehead atoms. The molecular formula is C25H24Cl2FN3O2S. The maximum Gasteiger partial charge on any atom is 0.283 e. The van der Waals surface area contributed by atoms with Gasteiger partial charge in [-0.15, -0.1) is 0 Å². The number of para-hydroxylation sites is 1. The molecule has 9 heteroatoms. The van der Waals surface area contributed by atoms with Gasteiger partial charge in [-0.3, -0.25) is 14.5 Å². The Balaban J connectivity index is 1.59. The van der Waals surface area contributed by atoms with E-state index in [2.05, 4.69) is 4.99 Å². The van der Waals surface area contributed by atoms with Gasteiger partial charge >= 0.3 is 0 Å². The molecule has 0 aromatic heterocycles. The molecule has 0 saturated heterocycles. The first-order chi connectivity index (χ1) is 16.3. The van der Waals surface area contributed by atoms with Crippen molar-refractivity contribution >= 4 is 63.7 Å².